The molecule has 0 aromatic carbocycles. The van der Waals surface area contributed by atoms with E-state index in [1.54, 1.807) is 6.08 Å². The molecule has 9 N–H and O–H groups in total. The predicted molar refractivity (Wildman–Crippen MR) is 299 cm³/mol. The van der Waals surface area contributed by atoms with Crippen molar-refractivity contribution in [1.29, 1.82) is 0 Å². The Balaban J connectivity index is 1.71. The second-order valence-electron chi connectivity index (χ2n) is 19.3. The van der Waals surface area contributed by atoms with Gasteiger partial charge >= 0.3 is 0 Å². The van der Waals surface area contributed by atoms with Crippen LogP contribution in [0.15, 0.2) is 122 Å². The van der Waals surface area contributed by atoms with Gasteiger partial charge in [0, 0.05) is 6.42 Å². The molecule has 2 heterocycles. The Labute approximate surface area is 450 Å². The fourth-order valence-electron chi connectivity index (χ4n) is 8.32. The SMILES string of the molecule is CC/C=C\C/C=C\C/C=C\C/C=C\C/C=C\C/C=C\C/C=C\C/C=C\CCCCCCCCC(=O)NC(COC1OC(CO)C(OC2OC(CO)C(O)C(O)C2O)C(O)C1O)C(O)/C=C/CC/C=C/CCCCCC. The predicted octanol–water partition coefficient (Wildman–Crippen LogP) is 9.05. The Morgan fingerprint density at radius 2 is 0.933 bits per heavy atom. The Morgan fingerprint density at radius 3 is 1.47 bits per heavy atom. The average Bonchev–Trinajstić information content (AvgIpc) is 3.41. The van der Waals surface area contributed by atoms with Crippen LogP contribution < -0.4 is 5.32 Å². The maximum absolute atomic E-state index is 13.2. The first-order chi connectivity index (χ1) is 36.6. The molecule has 0 aliphatic carbocycles. The minimum Gasteiger partial charge on any atom is -0.394 e. The van der Waals surface area contributed by atoms with Crippen LogP contribution in [0.25, 0.3) is 0 Å². The number of allylic oxidation sites excluding steroid dienone is 19. The summed E-state index contributed by atoms with van der Waals surface area (Å²) < 4.78 is 22.7. The summed E-state index contributed by atoms with van der Waals surface area (Å²) in [7, 11) is 0. The normalized spacial score (nSPS) is 26.0. The summed E-state index contributed by atoms with van der Waals surface area (Å²) >= 11 is 0. The Kier molecular flexibility index (Phi) is 40.9. The van der Waals surface area contributed by atoms with Crippen LogP contribution in [0.5, 0.6) is 0 Å². The van der Waals surface area contributed by atoms with E-state index in [0.29, 0.717) is 12.8 Å². The highest BCUT2D eigenvalue weighted by molar-refractivity contribution is 5.76. The molecule has 0 spiro atoms. The molecule has 0 aromatic rings. The van der Waals surface area contributed by atoms with Crippen LogP contribution in [-0.4, -0.2) is 140 Å². The molecule has 0 aromatic heterocycles. The number of hydrogen-bond donors (Lipinski definition) is 9. The number of aliphatic hydroxyl groups excluding tert-OH is 8. The number of aliphatic hydroxyl groups is 8. The number of ether oxygens (including phenoxy) is 4. The van der Waals surface area contributed by atoms with Crippen molar-refractivity contribution < 1.29 is 64.6 Å². The Morgan fingerprint density at radius 1 is 0.493 bits per heavy atom. The summed E-state index contributed by atoms with van der Waals surface area (Å²) in [5.41, 5.74) is 0. The van der Waals surface area contributed by atoms with Gasteiger partial charge in [-0.3, -0.25) is 4.79 Å². The van der Waals surface area contributed by atoms with Crippen LogP contribution in [0.1, 0.15) is 162 Å². The van der Waals surface area contributed by atoms with Gasteiger partial charge in [-0.15, -0.1) is 0 Å². The maximum atomic E-state index is 13.2. The summed E-state index contributed by atoms with van der Waals surface area (Å²) in [6, 6.07) is -0.947. The van der Waals surface area contributed by atoms with Gasteiger partial charge < -0.3 is 65.1 Å². The van der Waals surface area contributed by atoms with E-state index in [0.717, 1.165) is 109 Å². The first-order valence-corrected chi connectivity index (χ1v) is 28.3. The van der Waals surface area contributed by atoms with Crippen LogP contribution in [0.3, 0.4) is 0 Å². The molecule has 2 aliphatic rings. The van der Waals surface area contributed by atoms with Gasteiger partial charge in [-0.2, -0.15) is 0 Å². The van der Waals surface area contributed by atoms with Gasteiger partial charge in [0.2, 0.25) is 5.91 Å². The van der Waals surface area contributed by atoms with Crippen molar-refractivity contribution in [2.45, 2.75) is 235 Å². The molecular weight excluding hydrogens is 955 g/mol. The van der Waals surface area contributed by atoms with Crippen molar-refractivity contribution in [3.63, 3.8) is 0 Å². The summed E-state index contributed by atoms with van der Waals surface area (Å²) in [6.07, 6.45) is 48.3. The molecule has 2 fully saturated rings. The van der Waals surface area contributed by atoms with E-state index in [4.69, 9.17) is 18.9 Å². The number of rotatable bonds is 42. The van der Waals surface area contributed by atoms with Gasteiger partial charge in [0.05, 0.1) is 32.0 Å². The largest absolute Gasteiger partial charge is 0.394 e. The second-order valence-corrected chi connectivity index (χ2v) is 19.3. The zero-order valence-corrected chi connectivity index (χ0v) is 45.5. The minimum atomic E-state index is -1.80. The molecule has 2 aliphatic heterocycles. The number of amides is 1. The third-order valence-corrected chi connectivity index (χ3v) is 12.9. The zero-order chi connectivity index (χ0) is 54.6. The smallest absolute Gasteiger partial charge is 0.220 e. The molecule has 1 amide bonds. The van der Waals surface area contributed by atoms with E-state index >= 15 is 0 Å². The molecule has 0 radical (unpaired) electrons. The molecule has 0 bridgehead atoms. The van der Waals surface area contributed by atoms with E-state index in [-0.39, 0.29) is 18.9 Å². The highest BCUT2D eigenvalue weighted by Gasteiger charge is 2.51. The Hall–Kier alpha value is -3.61. The van der Waals surface area contributed by atoms with Gasteiger partial charge in [0.15, 0.2) is 12.6 Å². The molecule has 75 heavy (non-hydrogen) atoms. The first kappa shape index (κ1) is 67.5. The van der Waals surface area contributed by atoms with Crippen molar-refractivity contribution in [2.75, 3.05) is 19.8 Å². The van der Waals surface area contributed by atoms with Crippen LogP contribution in [0, 0.1) is 0 Å². The van der Waals surface area contributed by atoms with Gasteiger partial charge in [0.1, 0.15) is 48.8 Å². The highest BCUT2D eigenvalue weighted by Crippen LogP contribution is 2.30. The molecule has 2 saturated heterocycles. The molecule has 14 nitrogen and oxygen atoms in total. The van der Waals surface area contributed by atoms with Crippen LogP contribution in [0.4, 0.5) is 0 Å². The van der Waals surface area contributed by atoms with Crippen molar-refractivity contribution in [1.82, 2.24) is 5.32 Å². The van der Waals surface area contributed by atoms with Gasteiger partial charge in [-0.1, -0.05) is 180 Å². The minimum absolute atomic E-state index is 0.247. The van der Waals surface area contributed by atoms with Gasteiger partial charge in [-0.05, 0) is 96.3 Å². The summed E-state index contributed by atoms with van der Waals surface area (Å²) in [5.74, 6) is -0.273. The fraction of sp³-hybridized carbons (Fsp3) is 0.656. The number of unbranched alkanes of at least 4 members (excludes halogenated alkanes) is 11. The van der Waals surface area contributed by atoms with Crippen molar-refractivity contribution in [3.8, 4) is 0 Å². The molecule has 2 rings (SSSR count). The topological polar surface area (TPSA) is 228 Å². The van der Waals surface area contributed by atoms with Crippen LogP contribution >= 0.6 is 0 Å². The van der Waals surface area contributed by atoms with Gasteiger partial charge in [-0.25, -0.2) is 0 Å². The zero-order valence-electron chi connectivity index (χ0n) is 45.5. The number of nitrogens with one attached hydrogen (secondary N) is 1. The number of carbonyl (C=O) groups excluding carboxylic acids is 1. The molecule has 0 saturated carbocycles. The van der Waals surface area contributed by atoms with Crippen molar-refractivity contribution >= 4 is 5.91 Å². The molecule has 12 unspecified atom stereocenters. The molecule has 426 valence electrons. The second kappa shape index (κ2) is 45.4. The van der Waals surface area contributed by atoms with E-state index in [2.05, 4.69) is 129 Å². The molecule has 14 heteroatoms. The lowest BCUT2D eigenvalue weighted by Gasteiger charge is -2.46. The van der Waals surface area contributed by atoms with Crippen LogP contribution in [-0.2, 0) is 23.7 Å². The monoisotopic (exact) mass is 1050 g/mol. The standard InChI is InChI=1S/C61H99NO13/c1-3-5-7-9-11-13-15-16-17-18-19-20-21-22-23-24-25-26-27-28-29-30-31-32-33-34-35-37-39-41-43-45-53(66)62-49(50(65)44-42-40-38-36-14-12-10-8-6-4-2)48-72-60-58(71)56(69)59(52(47-64)74-60)75-61-57(70)55(68)54(67)51(46-63)73-61/h5,7,11,13-14,16-17,19-20,22-23,25-26,28-29,31-32,36,42,44,49-52,54-61,63-65,67-71H,3-4,6,8-10,12,15,18,21,24,27,30,33-35,37-41,43,45-48H2,1-2H3,(H,62,66)/b7-5-,13-11-,17-16-,20-19-,23-22-,26-25-,29-28-,32-31-,36-14+,44-42+. The lowest BCUT2D eigenvalue weighted by Crippen LogP contribution is -2.65. The lowest BCUT2D eigenvalue weighted by molar-refractivity contribution is -0.359. The summed E-state index contributed by atoms with van der Waals surface area (Å²) in [4.78, 5) is 13.2. The van der Waals surface area contributed by atoms with Crippen molar-refractivity contribution in [3.05, 3.63) is 122 Å². The summed E-state index contributed by atoms with van der Waals surface area (Å²) in [6.45, 7) is 2.57. The van der Waals surface area contributed by atoms with E-state index in [1.807, 2.05) is 6.08 Å². The maximum Gasteiger partial charge on any atom is 0.220 e. The lowest BCUT2D eigenvalue weighted by atomic mass is 9.97. The summed E-state index contributed by atoms with van der Waals surface area (Å²) in [5, 5.41) is 86.7. The third-order valence-electron chi connectivity index (χ3n) is 12.9. The molecule has 12 atom stereocenters. The average molecular weight is 1050 g/mol. The third kappa shape index (κ3) is 31.4. The Bertz CT molecular complexity index is 1720. The quantitative estimate of drug-likeness (QED) is 0.0206. The number of hydrogen-bond acceptors (Lipinski definition) is 13. The van der Waals surface area contributed by atoms with Gasteiger partial charge in [0.25, 0.3) is 0 Å². The molecular formula is C61H99NO13. The number of carbonyl (C=O) groups is 1. The first-order valence-electron chi connectivity index (χ1n) is 28.3. The van der Waals surface area contributed by atoms with E-state index in [1.165, 1.54) is 19.3 Å². The highest BCUT2D eigenvalue weighted by atomic mass is 16.7. The van der Waals surface area contributed by atoms with E-state index in [9.17, 15) is 45.6 Å². The fourth-order valence-corrected chi connectivity index (χ4v) is 8.32. The van der Waals surface area contributed by atoms with Crippen LogP contribution in [0.2, 0.25) is 0 Å². The van der Waals surface area contributed by atoms with Crippen molar-refractivity contribution in [2.24, 2.45) is 0 Å². The van der Waals surface area contributed by atoms with E-state index < -0.39 is 86.8 Å².